The van der Waals surface area contributed by atoms with Crippen LogP contribution in [0.5, 0.6) is 0 Å². The van der Waals surface area contributed by atoms with Crippen molar-refractivity contribution in [2.75, 3.05) is 11.5 Å². The first kappa shape index (κ1) is 17.8. The van der Waals surface area contributed by atoms with E-state index in [0.29, 0.717) is 5.76 Å². The van der Waals surface area contributed by atoms with Gasteiger partial charge in [-0.05, 0) is 32.9 Å². The first-order valence-electron chi connectivity index (χ1n) is 8.24. The number of aryl methyl sites for hydroxylation is 1. The van der Waals surface area contributed by atoms with Gasteiger partial charge in [0.1, 0.15) is 23.4 Å². The van der Waals surface area contributed by atoms with Crippen LogP contribution in [-0.2, 0) is 14.3 Å². The van der Waals surface area contributed by atoms with Crippen molar-refractivity contribution < 1.29 is 28.6 Å². The van der Waals surface area contributed by atoms with Crippen LogP contribution < -0.4 is 4.90 Å². The van der Waals surface area contributed by atoms with Gasteiger partial charge in [0.15, 0.2) is 17.3 Å². The van der Waals surface area contributed by atoms with E-state index in [4.69, 9.17) is 13.9 Å². The van der Waals surface area contributed by atoms with E-state index < -0.39 is 35.4 Å². The third kappa shape index (κ3) is 2.95. The lowest BCUT2D eigenvalue weighted by Gasteiger charge is -2.28. The molecule has 1 saturated heterocycles. The van der Waals surface area contributed by atoms with Crippen LogP contribution in [0.3, 0.4) is 0 Å². The highest BCUT2D eigenvalue weighted by Gasteiger charge is 2.52. The highest BCUT2D eigenvalue weighted by molar-refractivity contribution is 7.13. The summed E-state index contributed by atoms with van der Waals surface area (Å²) in [5, 5.41) is 18.4. The summed E-state index contributed by atoms with van der Waals surface area (Å²) in [5.41, 5.74) is 1.36. The van der Waals surface area contributed by atoms with Crippen molar-refractivity contribution in [3.05, 3.63) is 40.5 Å². The summed E-state index contributed by atoms with van der Waals surface area (Å²) in [7, 11) is 0. The summed E-state index contributed by atoms with van der Waals surface area (Å²) in [4.78, 5) is 27.0. The number of aromatic nitrogens is 2. The summed E-state index contributed by atoms with van der Waals surface area (Å²) in [6.45, 7) is 5.31. The predicted molar refractivity (Wildman–Crippen MR) is 93.5 cm³/mol. The Labute approximate surface area is 158 Å². The number of rotatable bonds is 4. The Morgan fingerprint density at radius 3 is 2.74 bits per heavy atom. The van der Waals surface area contributed by atoms with Crippen LogP contribution in [0.15, 0.2) is 33.4 Å². The number of hydrogen-bond donors (Lipinski definition) is 1. The van der Waals surface area contributed by atoms with E-state index in [0.717, 1.165) is 11.3 Å². The molecule has 10 heteroatoms. The molecule has 2 aromatic rings. The van der Waals surface area contributed by atoms with Gasteiger partial charge < -0.3 is 19.0 Å². The number of hydrogen-bond acceptors (Lipinski definition) is 9. The van der Waals surface area contributed by atoms with E-state index in [9.17, 15) is 14.7 Å². The molecule has 1 fully saturated rings. The molecule has 1 N–H and O–H groups in total. The molecule has 0 spiro atoms. The molecule has 2 aromatic heterocycles. The summed E-state index contributed by atoms with van der Waals surface area (Å²) in [6, 6.07) is 2.23. The van der Waals surface area contributed by atoms with Crippen LogP contribution in [0.4, 0.5) is 5.13 Å². The minimum atomic E-state index is -0.912. The van der Waals surface area contributed by atoms with E-state index in [-0.39, 0.29) is 23.1 Å². The standard InChI is InChI=1S/C17H17N3O6S/c1-8-4-5-9(25-8)13(21)11-12(10-6-24-17(2,3)26-10)20(15(23)14(11)22)16-19-18-7-27-16/h4-5,7,10,12,22H,6H2,1-3H3. The summed E-state index contributed by atoms with van der Waals surface area (Å²) >= 11 is 1.12. The maximum atomic E-state index is 13.0. The summed E-state index contributed by atoms with van der Waals surface area (Å²) in [5.74, 6) is -2.28. The van der Waals surface area contributed by atoms with Crippen LogP contribution in [0.25, 0.3) is 0 Å². The maximum Gasteiger partial charge on any atom is 0.296 e. The number of aliphatic hydroxyl groups is 1. The molecule has 0 aromatic carbocycles. The van der Waals surface area contributed by atoms with Crippen LogP contribution in [-0.4, -0.2) is 51.5 Å². The smallest absolute Gasteiger partial charge is 0.296 e. The number of aliphatic hydroxyl groups excluding tert-OH is 1. The topological polar surface area (TPSA) is 115 Å². The molecule has 9 nitrogen and oxygen atoms in total. The monoisotopic (exact) mass is 391 g/mol. The van der Waals surface area contributed by atoms with Gasteiger partial charge in [0.25, 0.3) is 5.91 Å². The van der Waals surface area contributed by atoms with Crippen molar-refractivity contribution in [2.45, 2.75) is 38.7 Å². The van der Waals surface area contributed by atoms with Gasteiger partial charge in [0.2, 0.25) is 10.9 Å². The minimum Gasteiger partial charge on any atom is -0.503 e. The second-order valence-corrected chi connectivity index (χ2v) is 7.52. The largest absolute Gasteiger partial charge is 0.503 e. The molecule has 2 aliphatic heterocycles. The van der Waals surface area contributed by atoms with Crippen molar-refractivity contribution in [3.63, 3.8) is 0 Å². The van der Waals surface area contributed by atoms with Gasteiger partial charge >= 0.3 is 0 Å². The van der Waals surface area contributed by atoms with Crippen LogP contribution in [0.1, 0.15) is 30.2 Å². The van der Waals surface area contributed by atoms with Crippen LogP contribution in [0.2, 0.25) is 0 Å². The zero-order valence-corrected chi connectivity index (χ0v) is 15.6. The molecule has 0 aliphatic carbocycles. The third-order valence-electron chi connectivity index (χ3n) is 4.40. The number of carbonyl (C=O) groups is 2. The number of furan rings is 1. The fourth-order valence-corrected chi connectivity index (χ4v) is 3.85. The zero-order valence-electron chi connectivity index (χ0n) is 14.8. The zero-order chi connectivity index (χ0) is 19.3. The van der Waals surface area contributed by atoms with Crippen molar-refractivity contribution >= 4 is 28.2 Å². The number of Topliss-reactive ketones (excluding diaryl/α,β-unsaturated/α-hetero) is 1. The molecule has 142 valence electrons. The lowest BCUT2D eigenvalue weighted by Crippen LogP contribution is -2.46. The van der Waals surface area contributed by atoms with E-state index in [1.54, 1.807) is 26.8 Å². The molecule has 27 heavy (non-hydrogen) atoms. The van der Waals surface area contributed by atoms with Gasteiger partial charge in [-0.25, -0.2) is 0 Å². The Hall–Kier alpha value is -2.56. The molecular weight excluding hydrogens is 374 g/mol. The second-order valence-electron chi connectivity index (χ2n) is 6.71. The Kier molecular flexibility index (Phi) is 4.13. The Balaban J connectivity index is 1.79. The quantitative estimate of drug-likeness (QED) is 0.787. The van der Waals surface area contributed by atoms with Crippen molar-refractivity contribution in [3.8, 4) is 0 Å². The molecule has 0 bridgehead atoms. The summed E-state index contributed by atoms with van der Waals surface area (Å²) in [6.07, 6.45) is -0.674. The molecule has 1 amide bonds. The van der Waals surface area contributed by atoms with E-state index in [1.165, 1.54) is 16.5 Å². The molecule has 4 heterocycles. The van der Waals surface area contributed by atoms with Crippen LogP contribution >= 0.6 is 11.3 Å². The fourth-order valence-electron chi connectivity index (χ4n) is 3.26. The average molecular weight is 391 g/mol. The summed E-state index contributed by atoms with van der Waals surface area (Å²) < 4.78 is 16.9. The Morgan fingerprint density at radius 1 is 1.41 bits per heavy atom. The molecule has 0 saturated carbocycles. The molecule has 4 rings (SSSR count). The molecular formula is C17H17N3O6S. The van der Waals surface area contributed by atoms with Gasteiger partial charge in [0, 0.05) is 0 Å². The van der Waals surface area contributed by atoms with Gasteiger partial charge in [-0.1, -0.05) is 11.3 Å². The highest BCUT2D eigenvalue weighted by Crippen LogP contribution is 2.38. The number of carbonyl (C=O) groups excluding carboxylic acids is 2. The number of anilines is 1. The van der Waals surface area contributed by atoms with Gasteiger partial charge in [0.05, 0.1) is 12.2 Å². The van der Waals surface area contributed by atoms with E-state index >= 15 is 0 Å². The third-order valence-corrected chi connectivity index (χ3v) is 5.09. The maximum absolute atomic E-state index is 13.0. The Morgan fingerprint density at radius 2 is 2.19 bits per heavy atom. The first-order valence-corrected chi connectivity index (χ1v) is 9.12. The first-order chi connectivity index (χ1) is 12.8. The lowest BCUT2D eigenvalue weighted by atomic mass is 9.97. The minimum absolute atomic E-state index is 0.0316. The predicted octanol–water partition coefficient (Wildman–Crippen LogP) is 2.00. The number of amides is 1. The number of nitrogens with zero attached hydrogens (tertiary/aromatic N) is 3. The average Bonchev–Trinajstić information content (AvgIpc) is 3.37. The van der Waals surface area contributed by atoms with Gasteiger partial charge in [-0.2, -0.15) is 0 Å². The normalized spacial score (nSPS) is 24.9. The second kappa shape index (κ2) is 6.25. The van der Waals surface area contributed by atoms with E-state index in [1.807, 2.05) is 0 Å². The molecule has 2 atom stereocenters. The van der Waals surface area contributed by atoms with Crippen molar-refractivity contribution in [2.24, 2.45) is 0 Å². The number of ketones is 1. The molecule has 0 radical (unpaired) electrons. The fraction of sp³-hybridized carbons (Fsp3) is 0.412. The van der Waals surface area contributed by atoms with Crippen molar-refractivity contribution in [1.29, 1.82) is 0 Å². The lowest BCUT2D eigenvalue weighted by molar-refractivity contribution is -0.140. The van der Waals surface area contributed by atoms with Gasteiger partial charge in [-0.15, -0.1) is 10.2 Å². The SMILES string of the molecule is Cc1ccc(C(=O)C2=C(O)C(=O)N(c3nncs3)C2C2COC(C)(C)O2)o1. The number of ether oxygens (including phenoxy) is 2. The molecule has 2 aliphatic rings. The van der Waals surface area contributed by atoms with Crippen molar-refractivity contribution in [1.82, 2.24) is 10.2 Å². The van der Waals surface area contributed by atoms with E-state index in [2.05, 4.69) is 10.2 Å². The van der Waals surface area contributed by atoms with Crippen LogP contribution in [0, 0.1) is 6.92 Å². The molecule has 2 unspecified atom stereocenters. The Bertz CT molecular complexity index is 932. The highest BCUT2D eigenvalue weighted by atomic mass is 32.1. The van der Waals surface area contributed by atoms with Gasteiger partial charge in [-0.3, -0.25) is 14.5 Å².